The third-order valence-corrected chi connectivity index (χ3v) is 4.82. The molecule has 0 radical (unpaired) electrons. The summed E-state index contributed by atoms with van der Waals surface area (Å²) >= 11 is 0. The molecule has 1 heterocycles. The lowest BCUT2D eigenvalue weighted by Gasteiger charge is -2.36. The molecule has 1 saturated heterocycles. The van der Waals surface area contributed by atoms with Gasteiger partial charge in [0, 0.05) is 78.0 Å². The topological polar surface area (TPSA) is 154 Å². The average Bonchev–Trinajstić information content (AvgIpc) is 2.59. The average molecular weight is 401 g/mol. The van der Waals surface area contributed by atoms with E-state index in [1.54, 1.807) is 14.7 Å². The van der Waals surface area contributed by atoms with Crippen LogP contribution in [-0.2, 0) is 14.4 Å². The van der Waals surface area contributed by atoms with E-state index in [2.05, 4.69) is 0 Å². The Morgan fingerprint density at radius 1 is 0.714 bits per heavy atom. The Bertz CT molecular complexity index is 488. The number of carbonyl (C=O) groups is 3. The number of aliphatic hydroxyl groups excluding tert-OH is 1. The molecule has 0 aromatic rings. The summed E-state index contributed by atoms with van der Waals surface area (Å²) in [5, 5.41) is 42.5. The van der Waals surface area contributed by atoms with Gasteiger partial charge in [0.05, 0.1) is 24.5 Å². The molecule has 1 fully saturated rings. The summed E-state index contributed by atoms with van der Waals surface area (Å²) in [6, 6.07) is -0.174. The molecule has 1 aliphatic rings. The number of carboxylic acid groups (broad SMARTS) is 3. The van der Waals surface area contributed by atoms with Gasteiger partial charge < -0.3 is 34.8 Å². The van der Waals surface area contributed by atoms with Gasteiger partial charge >= 0.3 is 0 Å². The van der Waals surface area contributed by atoms with Crippen molar-refractivity contribution in [2.45, 2.75) is 13.0 Å². The standard InChI is InChI=1S/C17H32N4O7/c1-14(13-22)21-8-6-19(11-16(25)26)4-2-18(10-15(23)24)3-5-20(7-9-21)12-17(27)28/h14,22H,2-13H2,1H3,(H,23,24)(H,25,26)(H,27,28)/p-3. The number of rotatable bonds is 8. The molecule has 162 valence electrons. The minimum atomic E-state index is -1.26. The Morgan fingerprint density at radius 3 is 1.25 bits per heavy atom. The van der Waals surface area contributed by atoms with E-state index in [4.69, 9.17) is 0 Å². The van der Waals surface area contributed by atoms with Gasteiger partial charge in [-0.3, -0.25) is 19.6 Å². The van der Waals surface area contributed by atoms with E-state index in [9.17, 15) is 34.8 Å². The van der Waals surface area contributed by atoms with Gasteiger partial charge in [-0.15, -0.1) is 0 Å². The third-order valence-electron chi connectivity index (χ3n) is 4.82. The first-order valence-electron chi connectivity index (χ1n) is 9.32. The lowest BCUT2D eigenvalue weighted by atomic mass is 10.2. The molecule has 0 bridgehead atoms. The second-order valence-corrected chi connectivity index (χ2v) is 7.01. The summed E-state index contributed by atoms with van der Waals surface area (Å²) in [7, 11) is 0. The van der Waals surface area contributed by atoms with Crippen LogP contribution in [-0.4, -0.2) is 127 Å². The molecule has 1 rings (SSSR count). The van der Waals surface area contributed by atoms with Crippen LogP contribution >= 0.6 is 0 Å². The highest BCUT2D eigenvalue weighted by Gasteiger charge is 2.19. The van der Waals surface area contributed by atoms with Gasteiger partial charge in [0.2, 0.25) is 0 Å². The summed E-state index contributed by atoms with van der Waals surface area (Å²) in [5.74, 6) is -3.70. The van der Waals surface area contributed by atoms with E-state index in [0.29, 0.717) is 39.3 Å². The monoisotopic (exact) mass is 401 g/mol. The normalized spacial score (nSPS) is 20.8. The minimum Gasteiger partial charge on any atom is -0.549 e. The molecule has 0 spiro atoms. The molecular weight excluding hydrogens is 372 g/mol. The lowest BCUT2D eigenvalue weighted by Crippen LogP contribution is -2.52. The van der Waals surface area contributed by atoms with Crippen LogP contribution in [0, 0.1) is 0 Å². The van der Waals surface area contributed by atoms with Gasteiger partial charge in [-0.2, -0.15) is 0 Å². The molecule has 1 unspecified atom stereocenters. The highest BCUT2D eigenvalue weighted by molar-refractivity contribution is 5.67. The zero-order chi connectivity index (χ0) is 21.1. The predicted octanol–water partition coefficient (Wildman–Crippen LogP) is -6.16. The van der Waals surface area contributed by atoms with Crippen LogP contribution in [0.1, 0.15) is 6.92 Å². The van der Waals surface area contributed by atoms with Gasteiger partial charge in [0.1, 0.15) is 0 Å². The summed E-state index contributed by atoms with van der Waals surface area (Å²) in [6.07, 6.45) is 0. The van der Waals surface area contributed by atoms with Gasteiger partial charge in [-0.25, -0.2) is 0 Å². The molecule has 0 aromatic heterocycles. The number of aliphatic hydroxyl groups is 1. The van der Waals surface area contributed by atoms with Crippen LogP contribution in [0.5, 0.6) is 0 Å². The predicted molar refractivity (Wildman–Crippen MR) is 92.5 cm³/mol. The van der Waals surface area contributed by atoms with Crippen molar-refractivity contribution in [2.75, 3.05) is 78.6 Å². The number of hydrogen-bond acceptors (Lipinski definition) is 11. The van der Waals surface area contributed by atoms with Crippen molar-refractivity contribution in [2.24, 2.45) is 0 Å². The SMILES string of the molecule is CC(CO)N1CCN(CC(=O)[O-])CCN(CC(=O)[O-])CCN(CC(=O)[O-])CC1. The molecule has 1 N–H and O–H groups in total. The molecule has 0 saturated carbocycles. The van der Waals surface area contributed by atoms with E-state index < -0.39 is 17.9 Å². The Kier molecular flexibility index (Phi) is 10.9. The second kappa shape index (κ2) is 12.6. The van der Waals surface area contributed by atoms with Crippen LogP contribution in [0.2, 0.25) is 0 Å². The summed E-state index contributed by atoms with van der Waals surface area (Å²) < 4.78 is 0. The van der Waals surface area contributed by atoms with E-state index in [1.165, 1.54) is 0 Å². The van der Waals surface area contributed by atoms with Gasteiger partial charge in [-0.1, -0.05) is 0 Å². The fraction of sp³-hybridized carbons (Fsp3) is 0.824. The van der Waals surface area contributed by atoms with Crippen molar-refractivity contribution in [3.05, 3.63) is 0 Å². The number of carbonyl (C=O) groups excluding carboxylic acids is 3. The number of aliphatic carboxylic acids is 3. The highest BCUT2D eigenvalue weighted by atomic mass is 16.4. The zero-order valence-electron chi connectivity index (χ0n) is 16.2. The van der Waals surface area contributed by atoms with Crippen molar-refractivity contribution in [1.82, 2.24) is 19.6 Å². The molecule has 28 heavy (non-hydrogen) atoms. The molecule has 11 heteroatoms. The van der Waals surface area contributed by atoms with Crippen molar-refractivity contribution in [3.8, 4) is 0 Å². The maximum Gasteiger partial charge on any atom is 0.0584 e. The van der Waals surface area contributed by atoms with Crippen molar-refractivity contribution in [3.63, 3.8) is 0 Å². The smallest absolute Gasteiger partial charge is 0.0584 e. The van der Waals surface area contributed by atoms with Crippen LogP contribution in [0.4, 0.5) is 0 Å². The van der Waals surface area contributed by atoms with Crippen molar-refractivity contribution >= 4 is 17.9 Å². The third kappa shape index (κ3) is 9.95. The number of carboxylic acids is 3. The Morgan fingerprint density at radius 2 is 1.00 bits per heavy atom. The molecule has 1 aliphatic heterocycles. The van der Waals surface area contributed by atoms with E-state index in [-0.39, 0.29) is 45.4 Å². The summed E-state index contributed by atoms with van der Waals surface area (Å²) in [5.41, 5.74) is 0. The summed E-state index contributed by atoms with van der Waals surface area (Å²) in [4.78, 5) is 39.9. The number of nitrogens with zero attached hydrogens (tertiary/aromatic N) is 4. The quantitative estimate of drug-likeness (QED) is 0.413. The maximum absolute atomic E-state index is 11.0. The maximum atomic E-state index is 11.0. The molecule has 0 aromatic carbocycles. The van der Waals surface area contributed by atoms with Crippen LogP contribution in [0.25, 0.3) is 0 Å². The molecule has 0 aliphatic carbocycles. The minimum absolute atomic E-state index is 0.0830. The Balaban J connectivity index is 2.92. The lowest BCUT2D eigenvalue weighted by molar-refractivity contribution is -0.308. The molecule has 1 atom stereocenters. The molecule has 11 nitrogen and oxygen atoms in total. The van der Waals surface area contributed by atoms with Crippen molar-refractivity contribution in [1.29, 1.82) is 0 Å². The van der Waals surface area contributed by atoms with Crippen molar-refractivity contribution < 1.29 is 34.8 Å². The summed E-state index contributed by atoms with van der Waals surface area (Å²) in [6.45, 7) is 3.76. The largest absolute Gasteiger partial charge is 0.549 e. The van der Waals surface area contributed by atoms with Gasteiger partial charge in [0.15, 0.2) is 0 Å². The van der Waals surface area contributed by atoms with E-state index in [0.717, 1.165) is 0 Å². The van der Waals surface area contributed by atoms with Gasteiger partial charge in [-0.05, 0) is 6.92 Å². The number of hydrogen-bond donors (Lipinski definition) is 1. The van der Waals surface area contributed by atoms with Gasteiger partial charge in [0.25, 0.3) is 0 Å². The first-order chi connectivity index (χ1) is 13.2. The fourth-order valence-corrected chi connectivity index (χ4v) is 3.13. The van der Waals surface area contributed by atoms with E-state index >= 15 is 0 Å². The Hall–Kier alpha value is -1.79. The Labute approximate surface area is 164 Å². The first kappa shape index (κ1) is 24.2. The first-order valence-corrected chi connectivity index (χ1v) is 9.32. The molecular formula is C17H29N4O7-3. The zero-order valence-corrected chi connectivity index (χ0v) is 16.2. The van der Waals surface area contributed by atoms with Crippen LogP contribution in [0.3, 0.4) is 0 Å². The fourth-order valence-electron chi connectivity index (χ4n) is 3.13. The van der Waals surface area contributed by atoms with E-state index in [1.807, 2.05) is 11.8 Å². The highest BCUT2D eigenvalue weighted by Crippen LogP contribution is 2.04. The molecule has 0 amide bonds. The second-order valence-electron chi connectivity index (χ2n) is 7.01. The van der Waals surface area contributed by atoms with Crippen LogP contribution < -0.4 is 15.3 Å². The van der Waals surface area contributed by atoms with Crippen LogP contribution in [0.15, 0.2) is 0 Å².